The maximum absolute atomic E-state index is 4.16. The Morgan fingerprint density at radius 2 is 2.31 bits per heavy atom. The predicted octanol–water partition coefficient (Wildman–Crippen LogP) is 3.29. The molecule has 0 radical (unpaired) electrons. The van der Waals surface area contributed by atoms with Gasteiger partial charge in [0.1, 0.15) is 0 Å². The van der Waals surface area contributed by atoms with Crippen LogP contribution in [0.15, 0.2) is 30.1 Å². The van der Waals surface area contributed by atoms with E-state index >= 15 is 0 Å². The maximum Gasteiger partial charge on any atom is 0.0343 e. The highest BCUT2D eigenvalue weighted by Gasteiger charge is 2.20. The molecule has 1 heteroatoms. The van der Waals surface area contributed by atoms with Crippen LogP contribution < -0.4 is 0 Å². The summed E-state index contributed by atoms with van der Waals surface area (Å²) in [5.41, 5.74) is 4.37. The van der Waals surface area contributed by atoms with Gasteiger partial charge in [0.2, 0.25) is 0 Å². The molecule has 0 N–H and O–H groups in total. The van der Waals surface area contributed by atoms with Crippen molar-refractivity contribution in [1.82, 2.24) is 4.98 Å². The van der Waals surface area contributed by atoms with Crippen molar-refractivity contribution in [3.8, 4) is 0 Å². The van der Waals surface area contributed by atoms with E-state index in [1.54, 1.807) is 5.57 Å². The molecule has 0 aromatic carbocycles. The number of pyridine rings is 1. The van der Waals surface area contributed by atoms with Gasteiger partial charge in [0.15, 0.2) is 0 Å². The highest BCUT2D eigenvalue weighted by atomic mass is 14.6. The number of aromatic nitrogens is 1. The van der Waals surface area contributed by atoms with Crippen LogP contribution >= 0.6 is 0 Å². The zero-order chi connectivity index (χ0) is 9.26. The molecule has 0 unspecified atom stereocenters. The minimum atomic E-state index is 0.712. The standard InChI is InChI=1S/C12H15N/c1-9-5-6-10(2)12(9)11-4-3-7-13-8-11/h3-4,7-9H,5-6H2,1-2H3/t9-/m0/s1. The zero-order valence-corrected chi connectivity index (χ0v) is 8.25. The quantitative estimate of drug-likeness (QED) is 0.635. The van der Waals surface area contributed by atoms with Crippen molar-refractivity contribution < 1.29 is 0 Å². The van der Waals surface area contributed by atoms with Gasteiger partial charge in [-0.25, -0.2) is 0 Å². The first-order chi connectivity index (χ1) is 6.29. The highest BCUT2D eigenvalue weighted by Crippen LogP contribution is 2.37. The Labute approximate surface area is 79.5 Å². The number of nitrogens with zero attached hydrogens (tertiary/aromatic N) is 1. The molecule has 0 spiro atoms. The molecule has 0 amide bonds. The van der Waals surface area contributed by atoms with E-state index in [2.05, 4.69) is 24.9 Å². The van der Waals surface area contributed by atoms with Crippen LogP contribution in [0.5, 0.6) is 0 Å². The molecule has 0 bridgehead atoms. The molecule has 1 atom stereocenters. The van der Waals surface area contributed by atoms with E-state index in [1.165, 1.54) is 24.0 Å². The molecule has 0 saturated heterocycles. The average Bonchev–Trinajstić information content (AvgIpc) is 2.48. The van der Waals surface area contributed by atoms with Gasteiger partial charge in [0, 0.05) is 12.4 Å². The van der Waals surface area contributed by atoms with E-state index in [4.69, 9.17) is 0 Å². The summed E-state index contributed by atoms with van der Waals surface area (Å²) in [6, 6.07) is 4.17. The van der Waals surface area contributed by atoms with Crippen molar-refractivity contribution in [2.75, 3.05) is 0 Å². The van der Waals surface area contributed by atoms with Gasteiger partial charge in [0.05, 0.1) is 0 Å². The van der Waals surface area contributed by atoms with Crippen LogP contribution in [0.3, 0.4) is 0 Å². The minimum Gasteiger partial charge on any atom is -0.264 e. The summed E-state index contributed by atoms with van der Waals surface area (Å²) in [5.74, 6) is 0.712. The van der Waals surface area contributed by atoms with E-state index in [1.807, 2.05) is 18.5 Å². The third-order valence-electron chi connectivity index (χ3n) is 2.88. The van der Waals surface area contributed by atoms with Gasteiger partial charge in [0.25, 0.3) is 0 Å². The summed E-state index contributed by atoms with van der Waals surface area (Å²) in [7, 11) is 0. The summed E-state index contributed by atoms with van der Waals surface area (Å²) in [4.78, 5) is 4.16. The Kier molecular flexibility index (Phi) is 2.17. The van der Waals surface area contributed by atoms with Crippen LogP contribution in [0, 0.1) is 5.92 Å². The minimum absolute atomic E-state index is 0.712. The van der Waals surface area contributed by atoms with Crippen molar-refractivity contribution in [1.29, 1.82) is 0 Å². The lowest BCUT2D eigenvalue weighted by molar-refractivity contribution is 0.710. The second kappa shape index (κ2) is 3.33. The Morgan fingerprint density at radius 3 is 2.85 bits per heavy atom. The molecule has 1 heterocycles. The molecule has 0 aliphatic heterocycles. The lowest BCUT2D eigenvalue weighted by Crippen LogP contribution is -1.93. The van der Waals surface area contributed by atoms with Crippen LogP contribution in [0.4, 0.5) is 0 Å². The number of hydrogen-bond donors (Lipinski definition) is 0. The van der Waals surface area contributed by atoms with Gasteiger partial charge < -0.3 is 0 Å². The molecule has 2 rings (SSSR count). The molecule has 0 saturated carbocycles. The third kappa shape index (κ3) is 1.51. The predicted molar refractivity (Wildman–Crippen MR) is 55.2 cm³/mol. The van der Waals surface area contributed by atoms with Crippen LogP contribution in [0.25, 0.3) is 5.57 Å². The van der Waals surface area contributed by atoms with Gasteiger partial charge in [-0.3, -0.25) is 4.98 Å². The van der Waals surface area contributed by atoms with E-state index in [0.717, 1.165) is 0 Å². The third-order valence-corrected chi connectivity index (χ3v) is 2.88. The first kappa shape index (κ1) is 8.49. The largest absolute Gasteiger partial charge is 0.264 e. The molecule has 13 heavy (non-hydrogen) atoms. The van der Waals surface area contributed by atoms with Crippen LogP contribution in [0.1, 0.15) is 32.3 Å². The topological polar surface area (TPSA) is 12.9 Å². The molecule has 1 nitrogen and oxygen atoms in total. The molecule has 0 fully saturated rings. The molecule has 1 aliphatic carbocycles. The van der Waals surface area contributed by atoms with Crippen LogP contribution in [-0.2, 0) is 0 Å². The lowest BCUT2D eigenvalue weighted by Gasteiger charge is -2.09. The summed E-state index contributed by atoms with van der Waals surface area (Å²) in [5, 5.41) is 0. The smallest absolute Gasteiger partial charge is 0.0343 e. The highest BCUT2D eigenvalue weighted by molar-refractivity contribution is 5.71. The Hall–Kier alpha value is -1.11. The Bertz CT molecular complexity index is 324. The van der Waals surface area contributed by atoms with E-state index in [9.17, 15) is 0 Å². The Balaban J connectivity index is 2.41. The number of hydrogen-bond acceptors (Lipinski definition) is 1. The number of rotatable bonds is 1. The monoisotopic (exact) mass is 173 g/mol. The lowest BCUT2D eigenvalue weighted by atomic mass is 9.97. The van der Waals surface area contributed by atoms with Crippen LogP contribution in [0.2, 0.25) is 0 Å². The van der Waals surface area contributed by atoms with Crippen molar-refractivity contribution >= 4 is 5.57 Å². The first-order valence-corrected chi connectivity index (χ1v) is 4.89. The van der Waals surface area contributed by atoms with Gasteiger partial charge in [-0.15, -0.1) is 0 Å². The molecule has 1 aromatic rings. The normalized spacial score (nSPS) is 22.5. The van der Waals surface area contributed by atoms with Gasteiger partial charge >= 0.3 is 0 Å². The summed E-state index contributed by atoms with van der Waals surface area (Å²) in [6.45, 7) is 4.55. The Morgan fingerprint density at radius 1 is 1.46 bits per heavy atom. The van der Waals surface area contributed by atoms with E-state index < -0.39 is 0 Å². The fourth-order valence-electron chi connectivity index (χ4n) is 2.19. The second-order valence-electron chi connectivity index (χ2n) is 3.88. The molecular formula is C12H15N. The zero-order valence-electron chi connectivity index (χ0n) is 8.25. The molecule has 68 valence electrons. The van der Waals surface area contributed by atoms with Crippen molar-refractivity contribution in [2.24, 2.45) is 5.92 Å². The van der Waals surface area contributed by atoms with E-state index in [-0.39, 0.29) is 0 Å². The molecule has 1 aliphatic rings. The van der Waals surface area contributed by atoms with Crippen molar-refractivity contribution in [3.63, 3.8) is 0 Å². The van der Waals surface area contributed by atoms with Crippen molar-refractivity contribution in [3.05, 3.63) is 35.7 Å². The number of allylic oxidation sites excluding steroid dienone is 2. The van der Waals surface area contributed by atoms with E-state index in [0.29, 0.717) is 5.92 Å². The maximum atomic E-state index is 4.16. The molecular weight excluding hydrogens is 158 g/mol. The van der Waals surface area contributed by atoms with Gasteiger partial charge in [-0.05, 0) is 42.9 Å². The summed E-state index contributed by atoms with van der Waals surface area (Å²) >= 11 is 0. The average molecular weight is 173 g/mol. The van der Waals surface area contributed by atoms with Gasteiger partial charge in [-0.2, -0.15) is 0 Å². The summed E-state index contributed by atoms with van der Waals surface area (Å²) in [6.07, 6.45) is 6.36. The SMILES string of the molecule is CC1=C(c2cccnc2)[C@@H](C)CC1. The molecule has 1 aromatic heterocycles. The fourth-order valence-corrected chi connectivity index (χ4v) is 2.19. The second-order valence-corrected chi connectivity index (χ2v) is 3.88. The first-order valence-electron chi connectivity index (χ1n) is 4.89. The van der Waals surface area contributed by atoms with Gasteiger partial charge in [-0.1, -0.05) is 18.6 Å². The van der Waals surface area contributed by atoms with Crippen molar-refractivity contribution in [2.45, 2.75) is 26.7 Å². The fraction of sp³-hybridized carbons (Fsp3) is 0.417. The summed E-state index contributed by atoms with van der Waals surface area (Å²) < 4.78 is 0. The van der Waals surface area contributed by atoms with Crippen LogP contribution in [-0.4, -0.2) is 4.98 Å².